The predicted molar refractivity (Wildman–Crippen MR) is 67.0 cm³/mol. The first kappa shape index (κ1) is 11.8. The molecule has 17 heavy (non-hydrogen) atoms. The summed E-state index contributed by atoms with van der Waals surface area (Å²) in [5.41, 5.74) is 2.18. The van der Waals surface area contributed by atoms with Gasteiger partial charge in [-0.15, -0.1) is 0 Å². The Morgan fingerprint density at radius 1 is 1.29 bits per heavy atom. The van der Waals surface area contributed by atoms with Gasteiger partial charge in [0.2, 0.25) is 5.91 Å². The van der Waals surface area contributed by atoms with E-state index in [1.807, 2.05) is 18.2 Å². The normalized spacial score (nSPS) is 14.3. The van der Waals surface area contributed by atoms with Gasteiger partial charge in [0.15, 0.2) is 0 Å². The zero-order chi connectivity index (χ0) is 12.3. The highest BCUT2D eigenvalue weighted by atomic mass is 16.2. The van der Waals surface area contributed by atoms with Crippen LogP contribution in [0.3, 0.4) is 0 Å². The van der Waals surface area contributed by atoms with Crippen molar-refractivity contribution in [3.8, 4) is 0 Å². The molecular weight excluding hydrogens is 214 g/mol. The van der Waals surface area contributed by atoms with Crippen molar-refractivity contribution in [1.82, 2.24) is 0 Å². The summed E-state index contributed by atoms with van der Waals surface area (Å²) in [7, 11) is 0. The zero-order valence-corrected chi connectivity index (χ0v) is 10.1. The predicted octanol–water partition coefficient (Wildman–Crippen LogP) is 2.33. The summed E-state index contributed by atoms with van der Waals surface area (Å²) in [6.07, 6.45) is 2.46. The summed E-state index contributed by atoms with van der Waals surface area (Å²) in [6.45, 7) is 2.52. The van der Waals surface area contributed by atoms with Crippen molar-refractivity contribution in [2.24, 2.45) is 0 Å². The summed E-state index contributed by atoms with van der Waals surface area (Å²) in [5.74, 6) is -0.0537. The van der Waals surface area contributed by atoms with E-state index in [1.165, 1.54) is 5.56 Å². The fourth-order valence-electron chi connectivity index (χ4n) is 2.18. The van der Waals surface area contributed by atoms with Crippen molar-refractivity contribution in [2.75, 3.05) is 11.4 Å². The molecule has 3 heteroatoms. The standard InChI is InChI=1S/C14H17NO2/c1-2-12(16)10-14(17)15-9-5-7-11-6-3-4-8-13(11)15/h3-4,6,8H,2,5,7,9-10H2,1H3. The molecule has 2 rings (SSSR count). The number of ketones is 1. The highest BCUT2D eigenvalue weighted by molar-refractivity contribution is 6.06. The quantitative estimate of drug-likeness (QED) is 0.749. The fourth-order valence-corrected chi connectivity index (χ4v) is 2.18. The first-order valence-electron chi connectivity index (χ1n) is 6.12. The van der Waals surface area contributed by atoms with Gasteiger partial charge in [-0.05, 0) is 24.5 Å². The molecule has 1 aliphatic heterocycles. The first-order chi connectivity index (χ1) is 8.22. The molecule has 1 aromatic rings. The van der Waals surface area contributed by atoms with Gasteiger partial charge in [0.05, 0.1) is 6.42 Å². The van der Waals surface area contributed by atoms with Crippen LogP contribution in [-0.4, -0.2) is 18.2 Å². The minimum absolute atomic E-state index is 0.0121. The molecule has 1 aliphatic rings. The Balaban J connectivity index is 2.18. The van der Waals surface area contributed by atoms with Crippen molar-refractivity contribution in [3.63, 3.8) is 0 Å². The number of benzene rings is 1. The summed E-state index contributed by atoms with van der Waals surface area (Å²) in [6, 6.07) is 7.94. The molecule has 1 amide bonds. The van der Waals surface area contributed by atoms with E-state index in [2.05, 4.69) is 6.07 Å². The minimum atomic E-state index is -0.0657. The number of amides is 1. The second-order valence-electron chi connectivity index (χ2n) is 4.35. The SMILES string of the molecule is CCC(=O)CC(=O)N1CCCc2ccccc21. The maximum Gasteiger partial charge on any atom is 0.234 e. The number of rotatable bonds is 3. The summed E-state index contributed by atoms with van der Waals surface area (Å²) in [4.78, 5) is 25.1. The average Bonchev–Trinajstić information content (AvgIpc) is 2.37. The number of aryl methyl sites for hydroxylation is 1. The molecule has 1 aromatic carbocycles. The smallest absolute Gasteiger partial charge is 0.234 e. The Bertz CT molecular complexity index is 440. The van der Waals surface area contributed by atoms with Crippen molar-refractivity contribution >= 4 is 17.4 Å². The molecule has 1 heterocycles. The third-order valence-corrected chi connectivity index (χ3v) is 3.15. The van der Waals surface area contributed by atoms with Crippen LogP contribution in [0.2, 0.25) is 0 Å². The number of Topliss-reactive ketones (excluding diaryl/α,β-unsaturated/α-hetero) is 1. The second-order valence-corrected chi connectivity index (χ2v) is 4.35. The van der Waals surface area contributed by atoms with E-state index in [0.717, 1.165) is 25.1 Å². The van der Waals surface area contributed by atoms with Crippen molar-refractivity contribution < 1.29 is 9.59 Å². The van der Waals surface area contributed by atoms with Crippen LogP contribution in [0.4, 0.5) is 5.69 Å². The average molecular weight is 231 g/mol. The van der Waals surface area contributed by atoms with Crippen LogP contribution in [0, 0.1) is 0 Å². The van der Waals surface area contributed by atoms with E-state index in [9.17, 15) is 9.59 Å². The molecule has 0 aliphatic carbocycles. The molecule has 0 saturated carbocycles. The summed E-state index contributed by atoms with van der Waals surface area (Å²) >= 11 is 0. The Morgan fingerprint density at radius 3 is 2.82 bits per heavy atom. The number of hydrogen-bond acceptors (Lipinski definition) is 2. The van der Waals surface area contributed by atoms with E-state index in [-0.39, 0.29) is 18.1 Å². The molecule has 0 radical (unpaired) electrons. The molecule has 3 nitrogen and oxygen atoms in total. The van der Waals surface area contributed by atoms with Gasteiger partial charge in [-0.25, -0.2) is 0 Å². The molecule has 0 unspecified atom stereocenters. The second kappa shape index (κ2) is 5.13. The van der Waals surface area contributed by atoms with Crippen LogP contribution in [0.25, 0.3) is 0 Å². The largest absolute Gasteiger partial charge is 0.312 e. The summed E-state index contributed by atoms with van der Waals surface area (Å²) in [5, 5.41) is 0. The molecule has 0 fully saturated rings. The zero-order valence-electron chi connectivity index (χ0n) is 10.1. The Hall–Kier alpha value is -1.64. The molecule has 0 N–H and O–H groups in total. The molecule has 0 aromatic heterocycles. The van der Waals surface area contributed by atoms with Crippen LogP contribution in [0.1, 0.15) is 31.7 Å². The number of anilines is 1. The van der Waals surface area contributed by atoms with E-state index < -0.39 is 0 Å². The first-order valence-corrected chi connectivity index (χ1v) is 6.12. The molecule has 0 bridgehead atoms. The third-order valence-electron chi connectivity index (χ3n) is 3.15. The van der Waals surface area contributed by atoms with Gasteiger partial charge >= 0.3 is 0 Å². The van der Waals surface area contributed by atoms with E-state index in [1.54, 1.807) is 11.8 Å². The van der Waals surface area contributed by atoms with Crippen LogP contribution in [-0.2, 0) is 16.0 Å². The van der Waals surface area contributed by atoms with Gasteiger partial charge in [-0.1, -0.05) is 25.1 Å². The molecule has 0 atom stereocenters. The molecular formula is C14H17NO2. The Kier molecular flexibility index (Phi) is 3.57. The number of fused-ring (bicyclic) bond motifs is 1. The Morgan fingerprint density at radius 2 is 2.06 bits per heavy atom. The highest BCUT2D eigenvalue weighted by Crippen LogP contribution is 2.27. The highest BCUT2D eigenvalue weighted by Gasteiger charge is 2.22. The minimum Gasteiger partial charge on any atom is -0.312 e. The maximum atomic E-state index is 12.0. The van der Waals surface area contributed by atoms with Crippen molar-refractivity contribution in [2.45, 2.75) is 32.6 Å². The number of nitrogens with zero attached hydrogens (tertiary/aromatic N) is 1. The number of carbonyl (C=O) groups is 2. The van der Waals surface area contributed by atoms with Crippen molar-refractivity contribution in [1.29, 1.82) is 0 Å². The molecule has 90 valence electrons. The van der Waals surface area contributed by atoms with Crippen LogP contribution in [0.15, 0.2) is 24.3 Å². The van der Waals surface area contributed by atoms with Gasteiger partial charge in [-0.3, -0.25) is 9.59 Å². The third kappa shape index (κ3) is 2.54. The lowest BCUT2D eigenvalue weighted by Crippen LogP contribution is -2.36. The van der Waals surface area contributed by atoms with Crippen LogP contribution in [0.5, 0.6) is 0 Å². The maximum absolute atomic E-state index is 12.0. The Labute approximate surface area is 101 Å². The van der Waals surface area contributed by atoms with E-state index in [0.29, 0.717) is 6.42 Å². The molecule has 0 spiro atoms. The number of hydrogen-bond donors (Lipinski definition) is 0. The van der Waals surface area contributed by atoms with Crippen molar-refractivity contribution in [3.05, 3.63) is 29.8 Å². The fraction of sp³-hybridized carbons (Fsp3) is 0.429. The monoisotopic (exact) mass is 231 g/mol. The summed E-state index contributed by atoms with van der Waals surface area (Å²) < 4.78 is 0. The van der Waals surface area contributed by atoms with Crippen LogP contribution < -0.4 is 4.90 Å². The van der Waals surface area contributed by atoms with E-state index in [4.69, 9.17) is 0 Å². The van der Waals surface area contributed by atoms with Gasteiger partial charge in [0.25, 0.3) is 0 Å². The van der Waals surface area contributed by atoms with Gasteiger partial charge in [0.1, 0.15) is 5.78 Å². The van der Waals surface area contributed by atoms with Gasteiger partial charge in [0, 0.05) is 18.7 Å². The lowest BCUT2D eigenvalue weighted by atomic mass is 10.0. The van der Waals surface area contributed by atoms with E-state index >= 15 is 0 Å². The lowest BCUT2D eigenvalue weighted by molar-refractivity contribution is -0.126. The number of para-hydroxylation sites is 1. The van der Waals surface area contributed by atoms with Gasteiger partial charge < -0.3 is 4.90 Å². The topological polar surface area (TPSA) is 37.4 Å². The van der Waals surface area contributed by atoms with Crippen LogP contribution >= 0.6 is 0 Å². The lowest BCUT2D eigenvalue weighted by Gasteiger charge is -2.29. The molecule has 0 saturated heterocycles. The number of carbonyl (C=O) groups excluding carboxylic acids is 2. The van der Waals surface area contributed by atoms with Gasteiger partial charge in [-0.2, -0.15) is 0 Å².